The molecule has 0 bridgehead atoms. The number of halogens is 4. The molecule has 1 N–H and O–H groups in total. The summed E-state index contributed by atoms with van der Waals surface area (Å²) in [5.41, 5.74) is -0.199. The van der Waals surface area contributed by atoms with Gasteiger partial charge in [0.15, 0.2) is 0 Å². The molecule has 1 aromatic carbocycles. The van der Waals surface area contributed by atoms with Crippen LogP contribution in [0.15, 0.2) is 39.9 Å². The van der Waals surface area contributed by atoms with Gasteiger partial charge in [-0.15, -0.1) is 11.3 Å². The lowest BCUT2D eigenvalue weighted by molar-refractivity contribution is -0.137. The monoisotopic (exact) mass is 374 g/mol. The molecule has 0 unspecified atom stereocenters. The average molecular weight is 375 g/mol. The zero-order chi connectivity index (χ0) is 15.2. The first-order valence-corrected chi connectivity index (χ1v) is 7.31. The molecule has 0 amide bonds. The Morgan fingerprint density at radius 1 is 1.24 bits per heavy atom. The van der Waals surface area contributed by atoms with E-state index in [1.165, 1.54) is 12.4 Å². The van der Waals surface area contributed by atoms with Gasteiger partial charge in [-0.1, -0.05) is 15.9 Å². The van der Waals surface area contributed by atoms with Crippen LogP contribution < -0.4 is 5.56 Å². The number of H-pyrrole nitrogens is 1. The molecular weight excluding hydrogens is 369 g/mol. The van der Waals surface area contributed by atoms with Crippen molar-refractivity contribution in [3.8, 4) is 10.4 Å². The summed E-state index contributed by atoms with van der Waals surface area (Å²) >= 11 is 4.35. The molecule has 2 aromatic heterocycles. The maximum atomic E-state index is 12.8. The molecule has 0 aliphatic carbocycles. The molecule has 0 aliphatic heterocycles. The Bertz CT molecular complexity index is 885. The maximum absolute atomic E-state index is 12.8. The van der Waals surface area contributed by atoms with Crippen LogP contribution in [0.5, 0.6) is 0 Å². The molecule has 0 radical (unpaired) electrons. The second kappa shape index (κ2) is 4.96. The molecule has 0 fully saturated rings. The van der Waals surface area contributed by atoms with Crippen LogP contribution in [0.1, 0.15) is 5.56 Å². The first kappa shape index (κ1) is 14.3. The van der Waals surface area contributed by atoms with E-state index < -0.39 is 11.7 Å². The van der Waals surface area contributed by atoms with Crippen LogP contribution in [0.25, 0.3) is 20.7 Å². The Balaban J connectivity index is 2.22. The minimum Gasteiger partial charge on any atom is -0.312 e. The summed E-state index contributed by atoms with van der Waals surface area (Å²) in [7, 11) is 0. The zero-order valence-corrected chi connectivity index (χ0v) is 12.6. The molecule has 2 heterocycles. The van der Waals surface area contributed by atoms with Crippen LogP contribution in [-0.4, -0.2) is 9.97 Å². The Hall–Kier alpha value is -1.67. The number of nitrogens with one attached hydrogen (secondary N) is 1. The van der Waals surface area contributed by atoms with E-state index in [4.69, 9.17) is 0 Å². The number of hydrogen-bond donors (Lipinski definition) is 1. The van der Waals surface area contributed by atoms with E-state index in [0.29, 0.717) is 25.1 Å². The fraction of sp³-hybridized carbons (Fsp3) is 0.0769. The fourth-order valence-electron chi connectivity index (χ4n) is 1.89. The quantitative estimate of drug-likeness (QED) is 0.684. The zero-order valence-electron chi connectivity index (χ0n) is 10.2. The normalized spacial score (nSPS) is 12.0. The van der Waals surface area contributed by atoms with E-state index in [-0.39, 0.29) is 5.56 Å². The van der Waals surface area contributed by atoms with E-state index in [1.807, 2.05) is 0 Å². The van der Waals surface area contributed by atoms with Crippen LogP contribution in [0.4, 0.5) is 13.2 Å². The molecule has 108 valence electrons. The number of hydrogen-bond acceptors (Lipinski definition) is 3. The molecule has 21 heavy (non-hydrogen) atoms. The highest BCUT2D eigenvalue weighted by molar-refractivity contribution is 9.10. The van der Waals surface area contributed by atoms with Crippen molar-refractivity contribution in [3.63, 3.8) is 0 Å². The Kier molecular flexibility index (Phi) is 3.37. The van der Waals surface area contributed by atoms with Gasteiger partial charge in [0.25, 0.3) is 5.56 Å². The van der Waals surface area contributed by atoms with Crippen molar-refractivity contribution in [1.82, 2.24) is 9.97 Å². The Morgan fingerprint density at radius 2 is 2.00 bits per heavy atom. The van der Waals surface area contributed by atoms with Gasteiger partial charge >= 0.3 is 6.18 Å². The lowest BCUT2D eigenvalue weighted by Gasteiger charge is -2.09. The SMILES string of the molecule is O=c1[nH]cnc2cc(-c3cc(C(F)(F)F)ccc3Br)sc12. The maximum Gasteiger partial charge on any atom is 0.416 e. The highest BCUT2D eigenvalue weighted by Gasteiger charge is 2.31. The summed E-state index contributed by atoms with van der Waals surface area (Å²) in [5, 5.41) is 0. The van der Waals surface area contributed by atoms with Crippen LogP contribution in [0.3, 0.4) is 0 Å². The van der Waals surface area contributed by atoms with E-state index >= 15 is 0 Å². The van der Waals surface area contributed by atoms with Crippen molar-refractivity contribution < 1.29 is 13.2 Å². The van der Waals surface area contributed by atoms with Crippen molar-refractivity contribution in [3.05, 3.63) is 51.0 Å². The lowest BCUT2D eigenvalue weighted by Crippen LogP contribution is -2.04. The first-order valence-electron chi connectivity index (χ1n) is 5.70. The summed E-state index contributed by atoms with van der Waals surface area (Å²) in [5.74, 6) is 0. The van der Waals surface area contributed by atoms with Gasteiger partial charge in [0.05, 0.1) is 17.4 Å². The van der Waals surface area contributed by atoms with Crippen LogP contribution in [0, 0.1) is 0 Å². The Labute approximate surface area is 128 Å². The van der Waals surface area contributed by atoms with Crippen LogP contribution >= 0.6 is 27.3 Å². The number of rotatable bonds is 1. The third-order valence-corrected chi connectivity index (χ3v) is 4.72. The molecule has 8 heteroatoms. The summed E-state index contributed by atoms with van der Waals surface area (Å²) in [6.45, 7) is 0. The van der Waals surface area contributed by atoms with E-state index in [1.54, 1.807) is 6.07 Å². The number of alkyl halides is 3. The predicted molar refractivity (Wildman–Crippen MR) is 78.4 cm³/mol. The number of thiophene rings is 1. The van der Waals surface area contributed by atoms with Crippen molar-refractivity contribution in [2.75, 3.05) is 0 Å². The molecule has 0 spiro atoms. The van der Waals surface area contributed by atoms with Crippen molar-refractivity contribution in [1.29, 1.82) is 0 Å². The van der Waals surface area contributed by atoms with Gasteiger partial charge in [-0.05, 0) is 24.3 Å². The predicted octanol–water partition coefficient (Wildman–Crippen LogP) is 4.43. The van der Waals surface area contributed by atoms with E-state index in [9.17, 15) is 18.0 Å². The first-order chi connectivity index (χ1) is 9.86. The van der Waals surface area contributed by atoms with Crippen molar-refractivity contribution in [2.24, 2.45) is 0 Å². The molecule has 0 saturated heterocycles. The third kappa shape index (κ3) is 2.60. The van der Waals surface area contributed by atoms with Gasteiger partial charge in [-0.2, -0.15) is 13.2 Å². The van der Waals surface area contributed by atoms with Crippen LogP contribution in [0.2, 0.25) is 0 Å². The minimum atomic E-state index is -4.41. The Morgan fingerprint density at radius 3 is 2.67 bits per heavy atom. The number of fused-ring (bicyclic) bond motifs is 1. The van der Waals surface area contributed by atoms with Crippen molar-refractivity contribution in [2.45, 2.75) is 6.18 Å². The summed E-state index contributed by atoms with van der Waals surface area (Å²) in [6.07, 6.45) is -3.15. The van der Waals surface area contributed by atoms with Crippen molar-refractivity contribution >= 4 is 37.5 Å². The summed E-state index contributed by atoms with van der Waals surface area (Å²) in [4.78, 5) is 18.7. The third-order valence-electron chi connectivity index (χ3n) is 2.88. The number of aromatic nitrogens is 2. The largest absolute Gasteiger partial charge is 0.416 e. The molecule has 3 aromatic rings. The highest BCUT2D eigenvalue weighted by Crippen LogP contribution is 2.39. The van der Waals surface area contributed by atoms with Crippen LogP contribution in [-0.2, 0) is 6.18 Å². The minimum absolute atomic E-state index is 0.306. The van der Waals surface area contributed by atoms with Gasteiger partial charge in [-0.3, -0.25) is 4.79 Å². The molecular formula is C13H6BrF3N2OS. The van der Waals surface area contributed by atoms with Gasteiger partial charge in [0.1, 0.15) is 4.70 Å². The molecule has 3 rings (SSSR count). The second-order valence-electron chi connectivity index (χ2n) is 4.25. The summed E-state index contributed by atoms with van der Waals surface area (Å²) < 4.78 is 39.3. The van der Waals surface area contributed by atoms with Gasteiger partial charge in [-0.25, -0.2) is 4.98 Å². The van der Waals surface area contributed by atoms with Gasteiger partial charge < -0.3 is 4.98 Å². The molecule has 0 aliphatic rings. The average Bonchev–Trinajstić information content (AvgIpc) is 2.83. The van der Waals surface area contributed by atoms with E-state index in [2.05, 4.69) is 25.9 Å². The smallest absolute Gasteiger partial charge is 0.312 e. The topological polar surface area (TPSA) is 45.8 Å². The molecule has 0 saturated carbocycles. The summed E-state index contributed by atoms with van der Waals surface area (Å²) in [6, 6.07) is 5.02. The fourth-order valence-corrected chi connectivity index (χ4v) is 3.52. The number of aromatic amines is 1. The lowest BCUT2D eigenvalue weighted by atomic mass is 10.1. The molecule has 3 nitrogen and oxygen atoms in total. The number of nitrogens with zero attached hydrogens (tertiary/aromatic N) is 1. The van der Waals surface area contributed by atoms with Gasteiger partial charge in [0.2, 0.25) is 0 Å². The molecule has 0 atom stereocenters. The van der Waals surface area contributed by atoms with E-state index in [0.717, 1.165) is 23.5 Å². The number of benzene rings is 1. The standard InChI is InChI=1S/C13H6BrF3N2OS/c14-8-2-1-6(13(15,16)17)3-7(8)10-4-9-11(21-10)12(20)19-5-18-9/h1-5H,(H,18,19,20). The van der Waals surface area contributed by atoms with Gasteiger partial charge in [0, 0.05) is 14.9 Å². The highest BCUT2D eigenvalue weighted by atomic mass is 79.9. The second-order valence-corrected chi connectivity index (χ2v) is 6.16.